The largest absolute Gasteiger partial charge is 0.373 e. The topological polar surface area (TPSA) is 75.7 Å². The third-order valence-electron chi connectivity index (χ3n) is 4.58. The first kappa shape index (κ1) is 20.9. The van der Waals surface area contributed by atoms with Crippen molar-refractivity contribution >= 4 is 15.7 Å². The molecule has 1 N–H and O–H groups in total. The van der Waals surface area contributed by atoms with Gasteiger partial charge in [0, 0.05) is 37.0 Å². The second kappa shape index (κ2) is 8.06. The molecule has 7 heteroatoms. The van der Waals surface area contributed by atoms with E-state index >= 15 is 0 Å². The number of amides is 1. The highest BCUT2D eigenvalue weighted by molar-refractivity contribution is 7.89. The van der Waals surface area contributed by atoms with Gasteiger partial charge in [0.15, 0.2) is 9.84 Å². The van der Waals surface area contributed by atoms with E-state index in [9.17, 15) is 13.2 Å². The fourth-order valence-corrected chi connectivity index (χ4v) is 4.07. The summed E-state index contributed by atoms with van der Waals surface area (Å²) in [6.07, 6.45) is 1.52. The first-order chi connectivity index (χ1) is 12.0. The van der Waals surface area contributed by atoms with E-state index in [0.717, 1.165) is 13.1 Å². The summed E-state index contributed by atoms with van der Waals surface area (Å²) in [7, 11) is -3.13. The van der Waals surface area contributed by atoms with Crippen LogP contribution in [0.3, 0.4) is 0 Å². The van der Waals surface area contributed by atoms with Gasteiger partial charge in [-0.25, -0.2) is 8.42 Å². The number of rotatable bonds is 6. The van der Waals surface area contributed by atoms with E-state index in [-0.39, 0.29) is 29.4 Å². The van der Waals surface area contributed by atoms with Crippen molar-refractivity contribution < 1.29 is 17.9 Å². The van der Waals surface area contributed by atoms with Crippen LogP contribution in [0.25, 0.3) is 0 Å². The van der Waals surface area contributed by atoms with Gasteiger partial charge in [-0.05, 0) is 45.4 Å². The minimum absolute atomic E-state index is 0.0663. The van der Waals surface area contributed by atoms with Crippen LogP contribution in [0.15, 0.2) is 24.3 Å². The number of ether oxygens (including phenoxy) is 1. The predicted octanol–water partition coefficient (Wildman–Crippen LogP) is 1.85. The van der Waals surface area contributed by atoms with Crippen molar-refractivity contribution in [2.24, 2.45) is 0 Å². The van der Waals surface area contributed by atoms with Crippen molar-refractivity contribution in [1.29, 1.82) is 0 Å². The maximum Gasteiger partial charge on any atom is 0.251 e. The molecular weight excluding hydrogens is 352 g/mol. The number of benzene rings is 1. The van der Waals surface area contributed by atoms with Gasteiger partial charge >= 0.3 is 0 Å². The zero-order valence-electron chi connectivity index (χ0n) is 16.3. The number of hydrogen-bond acceptors (Lipinski definition) is 5. The van der Waals surface area contributed by atoms with Crippen molar-refractivity contribution in [3.63, 3.8) is 0 Å². The average Bonchev–Trinajstić information content (AvgIpc) is 2.50. The second-order valence-corrected chi connectivity index (χ2v) is 10.1. The lowest BCUT2D eigenvalue weighted by Gasteiger charge is -2.45. The van der Waals surface area contributed by atoms with Gasteiger partial charge in [0.25, 0.3) is 5.91 Å². The Kier molecular flexibility index (Phi) is 6.47. The standard InChI is InChI=1S/C19H30N2O4S/c1-14-10-21(11-15(2)25-14)19(3,4)13-20-18(22)17-8-6-7-16(9-17)12-26(5,23)24/h6-9,14-15H,10-13H2,1-5H3,(H,20,22). The van der Waals surface area contributed by atoms with Crippen molar-refractivity contribution in [2.75, 3.05) is 25.9 Å². The lowest BCUT2D eigenvalue weighted by molar-refractivity contribution is -0.0948. The van der Waals surface area contributed by atoms with Crippen LogP contribution in [0.4, 0.5) is 0 Å². The molecule has 2 unspecified atom stereocenters. The third-order valence-corrected chi connectivity index (χ3v) is 5.43. The molecule has 1 aromatic carbocycles. The Hall–Kier alpha value is -1.44. The molecule has 1 aliphatic rings. The molecule has 0 aromatic heterocycles. The maximum absolute atomic E-state index is 12.5. The van der Waals surface area contributed by atoms with Crippen LogP contribution in [0.5, 0.6) is 0 Å². The van der Waals surface area contributed by atoms with Crippen LogP contribution in [0.2, 0.25) is 0 Å². The summed E-state index contributed by atoms with van der Waals surface area (Å²) in [6.45, 7) is 10.5. The van der Waals surface area contributed by atoms with Crippen LogP contribution < -0.4 is 5.32 Å². The smallest absolute Gasteiger partial charge is 0.251 e. The summed E-state index contributed by atoms with van der Waals surface area (Å²) < 4.78 is 28.7. The van der Waals surface area contributed by atoms with Gasteiger partial charge in [-0.15, -0.1) is 0 Å². The molecule has 146 valence electrons. The molecule has 1 amide bonds. The van der Waals surface area contributed by atoms with E-state index in [4.69, 9.17) is 4.74 Å². The summed E-state index contributed by atoms with van der Waals surface area (Å²) in [4.78, 5) is 14.9. The predicted molar refractivity (Wildman–Crippen MR) is 103 cm³/mol. The highest BCUT2D eigenvalue weighted by Crippen LogP contribution is 2.21. The number of sulfone groups is 1. The summed E-state index contributed by atoms with van der Waals surface area (Å²) in [5.41, 5.74) is 0.896. The maximum atomic E-state index is 12.5. The molecule has 1 saturated heterocycles. The van der Waals surface area contributed by atoms with E-state index < -0.39 is 9.84 Å². The van der Waals surface area contributed by atoms with Crippen molar-refractivity contribution in [2.45, 2.75) is 51.2 Å². The molecular formula is C19H30N2O4S. The van der Waals surface area contributed by atoms with Gasteiger partial charge in [0.1, 0.15) is 0 Å². The van der Waals surface area contributed by atoms with Crippen molar-refractivity contribution in [3.05, 3.63) is 35.4 Å². The summed E-state index contributed by atoms with van der Waals surface area (Å²) in [6, 6.07) is 6.78. The van der Waals surface area contributed by atoms with Crippen LogP contribution in [0.1, 0.15) is 43.6 Å². The molecule has 0 saturated carbocycles. The normalized spacial score (nSPS) is 22.2. The second-order valence-electron chi connectivity index (χ2n) is 7.93. The fourth-order valence-electron chi connectivity index (χ4n) is 3.29. The SMILES string of the molecule is CC1CN(C(C)(C)CNC(=O)c2cccc(CS(C)(=O)=O)c2)CC(C)O1. The molecule has 6 nitrogen and oxygen atoms in total. The van der Waals surface area contributed by atoms with Gasteiger partial charge in [0.2, 0.25) is 0 Å². The lowest BCUT2D eigenvalue weighted by Crippen LogP contribution is -2.58. The third kappa shape index (κ3) is 6.07. The van der Waals surface area contributed by atoms with E-state index in [0.29, 0.717) is 17.7 Å². The molecule has 1 fully saturated rings. The number of nitrogens with one attached hydrogen (secondary N) is 1. The van der Waals surface area contributed by atoms with Gasteiger partial charge in [0.05, 0.1) is 18.0 Å². The Labute approximate surface area is 156 Å². The Bertz CT molecular complexity index is 736. The summed E-state index contributed by atoms with van der Waals surface area (Å²) in [5.74, 6) is -0.258. The average molecular weight is 383 g/mol. The minimum atomic E-state index is -3.13. The molecule has 2 rings (SSSR count). The summed E-state index contributed by atoms with van der Waals surface area (Å²) >= 11 is 0. The first-order valence-corrected chi connectivity index (χ1v) is 11.0. The lowest BCUT2D eigenvalue weighted by atomic mass is 9.99. The van der Waals surface area contributed by atoms with Gasteiger partial charge in [-0.2, -0.15) is 0 Å². The Morgan fingerprint density at radius 1 is 1.27 bits per heavy atom. The van der Waals surface area contributed by atoms with E-state index in [2.05, 4.69) is 37.9 Å². The molecule has 0 aliphatic carbocycles. The van der Waals surface area contributed by atoms with Crippen LogP contribution in [0, 0.1) is 0 Å². The highest BCUT2D eigenvalue weighted by atomic mass is 32.2. The molecule has 0 bridgehead atoms. The Balaban J connectivity index is 2.00. The van der Waals surface area contributed by atoms with Crippen LogP contribution >= 0.6 is 0 Å². The highest BCUT2D eigenvalue weighted by Gasteiger charge is 2.33. The quantitative estimate of drug-likeness (QED) is 0.813. The van der Waals surface area contributed by atoms with Crippen molar-refractivity contribution in [3.8, 4) is 0 Å². The van der Waals surface area contributed by atoms with Crippen LogP contribution in [-0.4, -0.2) is 62.9 Å². The van der Waals surface area contributed by atoms with Gasteiger partial charge in [-0.3, -0.25) is 9.69 Å². The Morgan fingerprint density at radius 3 is 2.46 bits per heavy atom. The number of morpholine rings is 1. The number of carbonyl (C=O) groups is 1. The van der Waals surface area contributed by atoms with Gasteiger partial charge in [-0.1, -0.05) is 12.1 Å². The van der Waals surface area contributed by atoms with E-state index in [1.165, 1.54) is 6.26 Å². The first-order valence-electron chi connectivity index (χ1n) is 8.92. The molecule has 2 atom stereocenters. The van der Waals surface area contributed by atoms with Crippen molar-refractivity contribution in [1.82, 2.24) is 10.2 Å². The zero-order chi connectivity index (χ0) is 19.5. The number of hydrogen-bond donors (Lipinski definition) is 1. The minimum Gasteiger partial charge on any atom is -0.373 e. The molecule has 0 spiro atoms. The van der Waals surface area contributed by atoms with Gasteiger partial charge < -0.3 is 10.1 Å². The molecule has 1 aliphatic heterocycles. The number of carbonyl (C=O) groups excluding carboxylic acids is 1. The molecule has 1 heterocycles. The molecule has 26 heavy (non-hydrogen) atoms. The molecule has 0 radical (unpaired) electrons. The van der Waals surface area contributed by atoms with Crippen LogP contribution in [-0.2, 0) is 20.3 Å². The van der Waals surface area contributed by atoms with E-state index in [1.807, 2.05) is 0 Å². The number of nitrogens with zero attached hydrogens (tertiary/aromatic N) is 1. The Morgan fingerprint density at radius 2 is 1.88 bits per heavy atom. The molecule has 1 aromatic rings. The fraction of sp³-hybridized carbons (Fsp3) is 0.632. The monoisotopic (exact) mass is 382 g/mol. The zero-order valence-corrected chi connectivity index (χ0v) is 17.1. The van der Waals surface area contributed by atoms with E-state index in [1.54, 1.807) is 24.3 Å². The summed E-state index contributed by atoms with van der Waals surface area (Å²) in [5, 5.41) is 2.99.